The summed E-state index contributed by atoms with van der Waals surface area (Å²) < 4.78 is 53.7. The Morgan fingerprint density at radius 2 is 2.12 bits per heavy atom. The van der Waals surface area contributed by atoms with Crippen molar-refractivity contribution in [2.45, 2.75) is 25.3 Å². The first-order valence-corrected chi connectivity index (χ1v) is 4.84. The summed E-state index contributed by atoms with van der Waals surface area (Å²) in [6.45, 7) is 0.177. The number of alkyl halides is 4. The number of hydrogen-bond acceptors (Lipinski definition) is 3. The third-order valence-corrected chi connectivity index (χ3v) is 2.01. The first-order valence-electron chi connectivity index (χ1n) is 4.84. The summed E-state index contributed by atoms with van der Waals surface area (Å²) in [5.74, 6) is -4.35. The van der Waals surface area contributed by atoms with Crippen LogP contribution in [0.3, 0.4) is 0 Å². The number of nitrogens with two attached hydrogens (primary N) is 1. The third-order valence-electron chi connectivity index (χ3n) is 2.01. The van der Waals surface area contributed by atoms with Crippen LogP contribution in [-0.2, 0) is 0 Å². The van der Waals surface area contributed by atoms with E-state index >= 15 is 0 Å². The molecule has 0 spiro atoms. The predicted molar refractivity (Wildman–Crippen MR) is 53.3 cm³/mol. The normalized spacial score (nSPS) is 13.8. The lowest BCUT2D eigenvalue weighted by molar-refractivity contribution is -0.148. The van der Waals surface area contributed by atoms with Crippen molar-refractivity contribution in [3.8, 4) is 5.88 Å². The van der Waals surface area contributed by atoms with E-state index in [1.807, 2.05) is 0 Å². The quantitative estimate of drug-likeness (QED) is 0.818. The lowest BCUT2D eigenvalue weighted by Gasteiger charge is -2.17. The third kappa shape index (κ3) is 3.55. The minimum atomic E-state index is -4.20. The van der Waals surface area contributed by atoms with Gasteiger partial charge in [-0.15, -0.1) is 0 Å². The maximum atomic E-state index is 12.6. The van der Waals surface area contributed by atoms with Crippen molar-refractivity contribution in [2.24, 2.45) is 5.73 Å². The minimum Gasteiger partial charge on any atom is -0.471 e. The molecule has 1 aromatic rings. The van der Waals surface area contributed by atoms with Gasteiger partial charge in [0.05, 0.1) is 0 Å². The van der Waals surface area contributed by atoms with E-state index in [0.29, 0.717) is 5.56 Å². The molecule has 0 fully saturated rings. The second-order valence-electron chi connectivity index (χ2n) is 3.54. The smallest absolute Gasteiger partial charge is 0.340 e. The van der Waals surface area contributed by atoms with Gasteiger partial charge in [0.25, 0.3) is 0 Å². The fraction of sp³-hybridized carbons (Fsp3) is 0.500. The van der Waals surface area contributed by atoms with Crippen LogP contribution in [-0.4, -0.2) is 23.9 Å². The lowest BCUT2D eigenvalue weighted by Crippen LogP contribution is -2.34. The van der Waals surface area contributed by atoms with Crippen molar-refractivity contribution in [2.75, 3.05) is 6.61 Å². The molecular formula is C10H12F4N2O. The average Bonchev–Trinajstić information content (AvgIpc) is 2.26. The molecule has 17 heavy (non-hydrogen) atoms. The summed E-state index contributed by atoms with van der Waals surface area (Å²) in [5.41, 5.74) is 5.94. The Balaban J connectivity index is 2.76. The van der Waals surface area contributed by atoms with E-state index < -0.39 is 25.0 Å². The van der Waals surface area contributed by atoms with Gasteiger partial charge in [-0.2, -0.15) is 8.78 Å². The Kier molecular flexibility index (Phi) is 4.28. The molecule has 1 aromatic heterocycles. The zero-order chi connectivity index (χ0) is 13.1. The molecule has 0 radical (unpaired) electrons. The molecule has 1 heterocycles. The van der Waals surface area contributed by atoms with E-state index in [9.17, 15) is 17.6 Å². The van der Waals surface area contributed by atoms with Gasteiger partial charge in [0.2, 0.25) is 5.88 Å². The van der Waals surface area contributed by atoms with Crippen LogP contribution in [0.25, 0.3) is 0 Å². The Bertz CT molecular complexity index is 371. The van der Waals surface area contributed by atoms with E-state index in [1.165, 1.54) is 12.3 Å². The maximum absolute atomic E-state index is 12.6. The molecule has 0 aliphatic rings. The number of rotatable bonds is 5. The Morgan fingerprint density at radius 1 is 1.47 bits per heavy atom. The van der Waals surface area contributed by atoms with Gasteiger partial charge < -0.3 is 10.5 Å². The second-order valence-corrected chi connectivity index (χ2v) is 3.54. The molecule has 0 bridgehead atoms. The van der Waals surface area contributed by atoms with Crippen LogP contribution < -0.4 is 10.5 Å². The summed E-state index contributed by atoms with van der Waals surface area (Å²) in [6, 6.07) is 2.60. The SMILES string of the molecule is C[C@H](N)c1cccnc1OCC(F)(F)C(F)F. The number of aromatic nitrogens is 1. The van der Waals surface area contributed by atoms with E-state index in [1.54, 1.807) is 13.0 Å². The van der Waals surface area contributed by atoms with Crippen LogP contribution in [0.15, 0.2) is 18.3 Å². The summed E-state index contributed by atoms with van der Waals surface area (Å²) in [7, 11) is 0. The molecular weight excluding hydrogens is 240 g/mol. The van der Waals surface area contributed by atoms with Gasteiger partial charge in [-0.3, -0.25) is 0 Å². The summed E-state index contributed by atoms with van der Waals surface area (Å²) in [6.07, 6.45) is -2.47. The van der Waals surface area contributed by atoms with Crippen LogP contribution in [0.4, 0.5) is 17.6 Å². The zero-order valence-electron chi connectivity index (χ0n) is 9.04. The van der Waals surface area contributed by atoms with Gasteiger partial charge in [0, 0.05) is 17.8 Å². The fourth-order valence-electron chi connectivity index (χ4n) is 1.10. The van der Waals surface area contributed by atoms with Gasteiger partial charge in [-0.25, -0.2) is 13.8 Å². The molecule has 0 amide bonds. The van der Waals surface area contributed by atoms with Gasteiger partial charge in [0.1, 0.15) is 0 Å². The van der Waals surface area contributed by atoms with Gasteiger partial charge in [-0.05, 0) is 13.0 Å². The van der Waals surface area contributed by atoms with E-state index in [2.05, 4.69) is 9.72 Å². The molecule has 0 aromatic carbocycles. The first kappa shape index (κ1) is 13.7. The van der Waals surface area contributed by atoms with E-state index in [4.69, 9.17) is 5.73 Å². The highest BCUT2D eigenvalue weighted by Crippen LogP contribution is 2.26. The Hall–Kier alpha value is -1.37. The number of halogens is 4. The minimum absolute atomic E-state index is 0.150. The highest BCUT2D eigenvalue weighted by atomic mass is 19.3. The van der Waals surface area contributed by atoms with Crippen molar-refractivity contribution in [3.05, 3.63) is 23.9 Å². The lowest BCUT2D eigenvalue weighted by atomic mass is 10.1. The van der Waals surface area contributed by atoms with E-state index in [0.717, 1.165) is 0 Å². The first-order chi connectivity index (χ1) is 7.84. The molecule has 3 nitrogen and oxygen atoms in total. The van der Waals surface area contributed by atoms with Crippen molar-refractivity contribution in [3.63, 3.8) is 0 Å². The molecule has 2 N–H and O–H groups in total. The number of nitrogens with zero attached hydrogens (tertiary/aromatic N) is 1. The maximum Gasteiger partial charge on any atom is 0.340 e. The van der Waals surface area contributed by atoms with Crippen molar-refractivity contribution in [1.82, 2.24) is 4.98 Å². The largest absolute Gasteiger partial charge is 0.471 e. The number of hydrogen-bond donors (Lipinski definition) is 1. The number of pyridine rings is 1. The van der Waals surface area contributed by atoms with Gasteiger partial charge in [-0.1, -0.05) is 6.07 Å². The van der Waals surface area contributed by atoms with Crippen molar-refractivity contribution < 1.29 is 22.3 Å². The molecule has 1 rings (SSSR count). The van der Waals surface area contributed by atoms with Crippen LogP contribution in [0.5, 0.6) is 5.88 Å². The summed E-state index contributed by atoms with van der Waals surface area (Å²) in [4.78, 5) is 3.68. The van der Waals surface area contributed by atoms with E-state index in [-0.39, 0.29) is 5.88 Å². The highest BCUT2D eigenvalue weighted by molar-refractivity contribution is 5.28. The van der Waals surface area contributed by atoms with Gasteiger partial charge >= 0.3 is 12.3 Å². The molecule has 96 valence electrons. The zero-order valence-corrected chi connectivity index (χ0v) is 9.04. The molecule has 0 saturated carbocycles. The van der Waals surface area contributed by atoms with Crippen LogP contribution >= 0.6 is 0 Å². The van der Waals surface area contributed by atoms with Crippen molar-refractivity contribution in [1.29, 1.82) is 0 Å². The average molecular weight is 252 g/mol. The standard InChI is InChI=1S/C10H12F4N2O/c1-6(15)7-3-2-4-16-8(7)17-5-10(13,14)9(11)12/h2-4,6,9H,5,15H2,1H3/t6-/m0/s1. The predicted octanol–water partition coefficient (Wildman–Crippen LogP) is 2.38. The number of ether oxygens (including phenoxy) is 1. The van der Waals surface area contributed by atoms with Crippen LogP contribution in [0, 0.1) is 0 Å². The highest BCUT2D eigenvalue weighted by Gasteiger charge is 2.42. The molecule has 7 heteroatoms. The van der Waals surface area contributed by atoms with Crippen LogP contribution in [0.1, 0.15) is 18.5 Å². The molecule has 0 aliphatic carbocycles. The topological polar surface area (TPSA) is 48.1 Å². The second kappa shape index (κ2) is 5.31. The Labute approximate surface area is 95.6 Å². The summed E-state index contributed by atoms with van der Waals surface area (Å²) >= 11 is 0. The van der Waals surface area contributed by atoms with Crippen LogP contribution in [0.2, 0.25) is 0 Å². The molecule has 1 atom stereocenters. The molecule has 0 aliphatic heterocycles. The van der Waals surface area contributed by atoms with Gasteiger partial charge in [0.15, 0.2) is 6.61 Å². The summed E-state index contributed by atoms with van der Waals surface area (Å²) in [5, 5.41) is 0. The van der Waals surface area contributed by atoms with Crippen molar-refractivity contribution >= 4 is 0 Å². The Morgan fingerprint density at radius 3 is 2.65 bits per heavy atom. The fourth-order valence-corrected chi connectivity index (χ4v) is 1.10. The molecule has 0 saturated heterocycles. The molecule has 0 unspecified atom stereocenters. The monoisotopic (exact) mass is 252 g/mol.